The molecule has 1 aliphatic rings. The third kappa shape index (κ3) is 5.14. The molecule has 2 rings (SSSR count). The first-order valence-electron chi connectivity index (χ1n) is 7.49. The molecule has 0 radical (unpaired) electrons. The fourth-order valence-corrected chi connectivity index (χ4v) is 2.83. The smallest absolute Gasteiger partial charge is 0.481 e. The normalized spacial score (nSPS) is 21.4. The average Bonchev–Trinajstić information content (AvgIpc) is 2.47. The van der Waals surface area contributed by atoms with Crippen LogP contribution >= 0.6 is 0 Å². The number of amides is 1. The Bertz CT molecular complexity index is 600. The Morgan fingerprint density at radius 3 is 2.42 bits per heavy atom. The molecule has 0 spiro atoms. The zero-order valence-corrected chi connectivity index (χ0v) is 13.0. The van der Waals surface area contributed by atoms with Crippen LogP contribution in [-0.4, -0.2) is 41.3 Å². The van der Waals surface area contributed by atoms with E-state index in [2.05, 4.69) is 4.74 Å². The summed E-state index contributed by atoms with van der Waals surface area (Å²) in [6, 6.07) is 5.08. The predicted molar refractivity (Wildman–Crippen MR) is 78.3 cm³/mol. The van der Waals surface area contributed by atoms with Gasteiger partial charge < -0.3 is 14.7 Å². The molecule has 1 saturated heterocycles. The molecule has 1 aliphatic heterocycles. The minimum absolute atomic E-state index is 0.00531. The highest BCUT2D eigenvalue weighted by molar-refractivity contribution is 5.80. The zero-order chi connectivity index (χ0) is 17.9. The van der Waals surface area contributed by atoms with Crippen LogP contribution in [0.5, 0.6) is 5.75 Å². The van der Waals surface area contributed by atoms with Gasteiger partial charge in [0.05, 0.1) is 12.3 Å². The van der Waals surface area contributed by atoms with Crippen molar-refractivity contribution in [2.75, 3.05) is 13.1 Å². The number of aliphatic carboxylic acids is 1. The van der Waals surface area contributed by atoms with Gasteiger partial charge >= 0.3 is 12.3 Å². The Morgan fingerprint density at radius 2 is 1.88 bits per heavy atom. The lowest BCUT2D eigenvalue weighted by Crippen LogP contribution is -2.46. The van der Waals surface area contributed by atoms with Crippen LogP contribution in [0.2, 0.25) is 0 Å². The molecule has 8 heteroatoms. The van der Waals surface area contributed by atoms with Gasteiger partial charge in [-0.15, -0.1) is 13.2 Å². The highest BCUT2D eigenvalue weighted by Gasteiger charge is 2.32. The number of carboxylic acid groups (broad SMARTS) is 1. The van der Waals surface area contributed by atoms with Gasteiger partial charge in [-0.25, -0.2) is 0 Å². The zero-order valence-electron chi connectivity index (χ0n) is 13.0. The summed E-state index contributed by atoms with van der Waals surface area (Å²) in [6.45, 7) is 2.53. The van der Waals surface area contributed by atoms with Crippen LogP contribution in [0.4, 0.5) is 13.2 Å². The number of alkyl halides is 3. The van der Waals surface area contributed by atoms with Crippen molar-refractivity contribution < 1.29 is 32.6 Å². The third-order valence-electron chi connectivity index (χ3n) is 3.87. The van der Waals surface area contributed by atoms with Crippen LogP contribution in [0, 0.1) is 11.8 Å². The minimum atomic E-state index is -4.76. The van der Waals surface area contributed by atoms with E-state index >= 15 is 0 Å². The summed E-state index contributed by atoms with van der Waals surface area (Å²) < 4.78 is 40.1. The predicted octanol–water partition coefficient (Wildman–Crippen LogP) is 2.70. The van der Waals surface area contributed by atoms with Crippen molar-refractivity contribution in [3.63, 3.8) is 0 Å². The van der Waals surface area contributed by atoms with Crippen LogP contribution < -0.4 is 4.74 Å². The van der Waals surface area contributed by atoms with Crippen molar-refractivity contribution in [1.29, 1.82) is 0 Å². The summed E-state index contributed by atoms with van der Waals surface area (Å²) in [7, 11) is 0. The number of carbonyl (C=O) groups is 2. The second-order valence-corrected chi connectivity index (χ2v) is 6.04. The number of ether oxygens (including phenoxy) is 1. The Balaban J connectivity index is 1.97. The molecule has 0 saturated carbocycles. The number of carbonyl (C=O) groups excluding carboxylic acids is 1. The molecule has 1 amide bonds. The van der Waals surface area contributed by atoms with Crippen LogP contribution in [0.1, 0.15) is 18.9 Å². The van der Waals surface area contributed by atoms with Gasteiger partial charge in [-0.3, -0.25) is 9.59 Å². The minimum Gasteiger partial charge on any atom is -0.481 e. The number of halogens is 3. The van der Waals surface area contributed by atoms with E-state index in [0.717, 1.165) is 12.1 Å². The molecule has 2 unspecified atom stereocenters. The van der Waals surface area contributed by atoms with Gasteiger partial charge in [0, 0.05) is 13.1 Å². The lowest BCUT2D eigenvalue weighted by Gasteiger charge is -2.34. The lowest BCUT2D eigenvalue weighted by molar-refractivity contribution is -0.274. The highest BCUT2D eigenvalue weighted by atomic mass is 19.4. The fourth-order valence-electron chi connectivity index (χ4n) is 2.83. The van der Waals surface area contributed by atoms with Gasteiger partial charge in [-0.1, -0.05) is 19.1 Å². The number of rotatable bonds is 4. The van der Waals surface area contributed by atoms with Crippen molar-refractivity contribution in [3.05, 3.63) is 29.8 Å². The van der Waals surface area contributed by atoms with Gasteiger partial charge in [-0.05, 0) is 30.0 Å². The lowest BCUT2D eigenvalue weighted by atomic mass is 9.90. The molecule has 132 valence electrons. The van der Waals surface area contributed by atoms with Crippen molar-refractivity contribution >= 4 is 11.9 Å². The van der Waals surface area contributed by atoms with Crippen molar-refractivity contribution in [2.45, 2.75) is 26.1 Å². The van der Waals surface area contributed by atoms with E-state index in [1.807, 2.05) is 6.92 Å². The summed E-state index contributed by atoms with van der Waals surface area (Å²) in [4.78, 5) is 25.0. The van der Waals surface area contributed by atoms with Crippen LogP contribution in [0.3, 0.4) is 0 Å². The topological polar surface area (TPSA) is 66.8 Å². The number of likely N-dealkylation sites (tertiary alicyclic amines) is 1. The molecule has 2 atom stereocenters. The Morgan fingerprint density at radius 1 is 1.25 bits per heavy atom. The number of nitrogens with zero attached hydrogens (tertiary/aromatic N) is 1. The van der Waals surface area contributed by atoms with E-state index in [-0.39, 0.29) is 30.5 Å². The summed E-state index contributed by atoms with van der Waals surface area (Å²) in [5.74, 6) is -2.01. The Kier molecular flexibility index (Phi) is 5.36. The van der Waals surface area contributed by atoms with Gasteiger partial charge in [-0.2, -0.15) is 0 Å². The molecule has 0 aromatic heterocycles. The van der Waals surface area contributed by atoms with E-state index in [1.54, 1.807) is 0 Å². The molecule has 0 bridgehead atoms. The number of hydrogen-bond donors (Lipinski definition) is 1. The number of piperidine rings is 1. The first-order valence-corrected chi connectivity index (χ1v) is 7.49. The third-order valence-corrected chi connectivity index (χ3v) is 3.87. The molecule has 1 N–H and O–H groups in total. The summed E-state index contributed by atoms with van der Waals surface area (Å²) in [5, 5.41) is 9.12. The molecule has 1 fully saturated rings. The SMILES string of the molecule is CC1CC(C(=O)O)CN(C(=O)Cc2ccc(OC(F)(F)F)cc2)C1. The maximum atomic E-state index is 12.3. The maximum absolute atomic E-state index is 12.3. The number of carboxylic acids is 1. The molecule has 1 aromatic carbocycles. The van der Waals surface area contributed by atoms with E-state index in [9.17, 15) is 22.8 Å². The van der Waals surface area contributed by atoms with Crippen molar-refractivity contribution in [2.24, 2.45) is 11.8 Å². The molecule has 0 aliphatic carbocycles. The second-order valence-electron chi connectivity index (χ2n) is 6.04. The molecule has 1 aromatic rings. The largest absolute Gasteiger partial charge is 0.573 e. The summed E-state index contributed by atoms with van der Waals surface area (Å²) in [6.07, 6.45) is -4.22. The number of hydrogen-bond acceptors (Lipinski definition) is 3. The first-order chi connectivity index (χ1) is 11.1. The van der Waals surface area contributed by atoms with E-state index in [4.69, 9.17) is 5.11 Å². The van der Waals surface area contributed by atoms with Crippen LogP contribution in [0.25, 0.3) is 0 Å². The maximum Gasteiger partial charge on any atom is 0.573 e. The number of benzene rings is 1. The van der Waals surface area contributed by atoms with Gasteiger partial charge in [0.2, 0.25) is 5.91 Å². The first kappa shape index (κ1) is 18.1. The molecule has 1 heterocycles. The molecule has 5 nitrogen and oxygen atoms in total. The Hall–Kier alpha value is -2.25. The Labute approximate surface area is 137 Å². The average molecular weight is 345 g/mol. The van der Waals surface area contributed by atoms with Gasteiger partial charge in [0.25, 0.3) is 0 Å². The summed E-state index contributed by atoms with van der Waals surface area (Å²) >= 11 is 0. The van der Waals surface area contributed by atoms with E-state index in [0.29, 0.717) is 18.5 Å². The molecular formula is C16H18F3NO4. The fraction of sp³-hybridized carbons (Fsp3) is 0.500. The van der Waals surface area contributed by atoms with Crippen molar-refractivity contribution in [3.8, 4) is 5.75 Å². The quantitative estimate of drug-likeness (QED) is 0.911. The second kappa shape index (κ2) is 7.11. The van der Waals surface area contributed by atoms with Gasteiger partial charge in [0.1, 0.15) is 5.75 Å². The van der Waals surface area contributed by atoms with E-state index < -0.39 is 18.2 Å². The molecule has 24 heavy (non-hydrogen) atoms. The van der Waals surface area contributed by atoms with E-state index in [1.165, 1.54) is 17.0 Å². The van der Waals surface area contributed by atoms with Gasteiger partial charge in [0.15, 0.2) is 0 Å². The van der Waals surface area contributed by atoms with Crippen molar-refractivity contribution in [1.82, 2.24) is 4.90 Å². The summed E-state index contributed by atoms with van der Waals surface area (Å²) in [5.41, 5.74) is 0.541. The van der Waals surface area contributed by atoms with Crippen LogP contribution in [0.15, 0.2) is 24.3 Å². The standard InChI is InChI=1S/C16H18F3NO4/c1-10-6-12(15(22)23)9-20(8-10)14(21)7-11-2-4-13(5-3-11)24-16(17,18)19/h2-5,10,12H,6-9H2,1H3,(H,22,23). The van der Waals surface area contributed by atoms with Crippen LogP contribution in [-0.2, 0) is 16.0 Å². The highest BCUT2D eigenvalue weighted by Crippen LogP contribution is 2.24. The molecular weight excluding hydrogens is 327 g/mol. The monoisotopic (exact) mass is 345 g/mol.